The molecule has 4 nitrogen and oxygen atoms in total. The number of carbonyl (C=O) groups is 1. The lowest BCUT2D eigenvalue weighted by atomic mass is 10.1. The summed E-state index contributed by atoms with van der Waals surface area (Å²) in [7, 11) is 0. The average molecular weight is 274 g/mol. The first-order valence-electron chi connectivity index (χ1n) is 3.90. The van der Waals surface area contributed by atoms with Crippen LogP contribution < -0.4 is 10.6 Å². The van der Waals surface area contributed by atoms with Gasteiger partial charge in [0.25, 0.3) is 0 Å². The van der Waals surface area contributed by atoms with Crippen LogP contribution in [0, 0.1) is 12.3 Å². The molecule has 0 rings (SSSR count). The number of halogens is 3. The Balaban J connectivity index is 4.24. The zero-order valence-electron chi connectivity index (χ0n) is 8.14. The molecule has 0 fully saturated rings. The number of hydrogen-bond donors (Lipinski definition) is 3. The normalized spacial score (nSPS) is 13.9. The second kappa shape index (κ2) is 5.13. The van der Waals surface area contributed by atoms with E-state index in [-0.39, 0.29) is 0 Å². The molecule has 0 aliphatic rings. The molecular formula is C8H11Cl3N2O2. The zero-order valence-corrected chi connectivity index (χ0v) is 10.4. The molecule has 7 heteroatoms. The number of terminal acetylenes is 1. The SMILES string of the molecule is C#CC(C)(C)NC(=O)N[C@H](O)C(Cl)(Cl)Cl. The monoisotopic (exact) mass is 272 g/mol. The van der Waals surface area contributed by atoms with Crippen molar-refractivity contribution in [2.75, 3.05) is 0 Å². The molecule has 0 aliphatic carbocycles. The van der Waals surface area contributed by atoms with Crippen LogP contribution in [-0.4, -0.2) is 26.7 Å². The van der Waals surface area contributed by atoms with Crippen LogP contribution in [0.3, 0.4) is 0 Å². The molecule has 0 heterocycles. The van der Waals surface area contributed by atoms with Crippen molar-refractivity contribution in [1.29, 1.82) is 0 Å². The first kappa shape index (κ1) is 14.7. The fraction of sp³-hybridized carbons (Fsp3) is 0.625. The summed E-state index contributed by atoms with van der Waals surface area (Å²) in [4.78, 5) is 11.2. The van der Waals surface area contributed by atoms with Crippen LogP contribution in [0.1, 0.15) is 13.8 Å². The van der Waals surface area contributed by atoms with E-state index in [0.29, 0.717) is 0 Å². The molecule has 0 unspecified atom stereocenters. The maximum Gasteiger partial charge on any atom is 0.318 e. The van der Waals surface area contributed by atoms with Crippen LogP contribution in [0.2, 0.25) is 0 Å². The number of hydrogen-bond acceptors (Lipinski definition) is 2. The number of rotatable bonds is 2. The quantitative estimate of drug-likeness (QED) is 0.404. The molecule has 0 saturated heterocycles. The van der Waals surface area contributed by atoms with Crippen LogP contribution in [0.15, 0.2) is 0 Å². The number of aliphatic hydroxyl groups excluding tert-OH is 1. The predicted octanol–water partition coefficient (Wildman–Crippen LogP) is 1.39. The molecule has 0 aromatic heterocycles. The molecule has 86 valence electrons. The Labute approximate surface area is 103 Å². The van der Waals surface area contributed by atoms with Crippen molar-refractivity contribution >= 4 is 40.8 Å². The van der Waals surface area contributed by atoms with Crippen molar-refractivity contribution in [2.45, 2.75) is 29.4 Å². The maximum absolute atomic E-state index is 11.2. The van der Waals surface area contributed by atoms with Gasteiger partial charge in [-0.25, -0.2) is 4.79 Å². The number of carbonyl (C=O) groups excluding carboxylic acids is 1. The van der Waals surface area contributed by atoms with E-state index in [0.717, 1.165) is 0 Å². The topological polar surface area (TPSA) is 61.4 Å². The van der Waals surface area contributed by atoms with Crippen LogP contribution >= 0.6 is 34.8 Å². The van der Waals surface area contributed by atoms with Crippen LogP contribution in [0.4, 0.5) is 4.79 Å². The van der Waals surface area contributed by atoms with Gasteiger partial charge in [0.05, 0.1) is 5.54 Å². The summed E-state index contributed by atoms with van der Waals surface area (Å²) >= 11 is 16.0. The fourth-order valence-corrected chi connectivity index (χ4v) is 0.726. The Bertz CT molecular complexity index is 281. The number of aliphatic hydroxyl groups is 1. The minimum atomic E-state index is -1.99. The van der Waals surface area contributed by atoms with Crippen molar-refractivity contribution in [1.82, 2.24) is 10.6 Å². The van der Waals surface area contributed by atoms with E-state index in [1.807, 2.05) is 5.32 Å². The standard InChI is InChI=1S/C8H11Cl3N2O2/c1-4-7(2,3)13-6(15)12-5(14)8(9,10)11/h1,5,14H,2-3H3,(H2,12,13,15)/t5-/m1/s1. The van der Waals surface area contributed by atoms with Crippen LogP contribution in [0.5, 0.6) is 0 Å². The number of urea groups is 1. The molecule has 0 aliphatic heterocycles. The molecule has 2 amide bonds. The molecule has 3 N–H and O–H groups in total. The van der Waals surface area contributed by atoms with Gasteiger partial charge in [-0.15, -0.1) is 6.42 Å². The van der Waals surface area contributed by atoms with Gasteiger partial charge < -0.3 is 15.7 Å². The number of nitrogens with one attached hydrogen (secondary N) is 2. The second-order valence-electron chi connectivity index (χ2n) is 3.31. The first-order valence-corrected chi connectivity index (χ1v) is 5.03. The Hall–Kier alpha value is -0.340. The highest BCUT2D eigenvalue weighted by atomic mass is 35.6. The number of alkyl halides is 3. The van der Waals surface area contributed by atoms with Gasteiger partial charge in [-0.05, 0) is 13.8 Å². The molecule has 0 aromatic carbocycles. The van der Waals surface area contributed by atoms with E-state index < -0.39 is 21.6 Å². The van der Waals surface area contributed by atoms with Gasteiger partial charge in [0.2, 0.25) is 3.79 Å². The van der Waals surface area contributed by atoms with Crippen molar-refractivity contribution in [2.24, 2.45) is 0 Å². The number of amides is 2. The molecule has 0 saturated carbocycles. The van der Waals surface area contributed by atoms with Crippen molar-refractivity contribution < 1.29 is 9.90 Å². The molecular weight excluding hydrogens is 262 g/mol. The Kier molecular flexibility index (Phi) is 5.01. The molecule has 15 heavy (non-hydrogen) atoms. The highest BCUT2D eigenvalue weighted by Crippen LogP contribution is 2.28. The molecule has 0 spiro atoms. The van der Waals surface area contributed by atoms with Gasteiger partial charge in [-0.3, -0.25) is 0 Å². The van der Waals surface area contributed by atoms with Crippen molar-refractivity contribution in [3.63, 3.8) is 0 Å². The van der Waals surface area contributed by atoms with Gasteiger partial charge in [-0.1, -0.05) is 40.7 Å². The van der Waals surface area contributed by atoms with E-state index in [1.165, 1.54) is 0 Å². The average Bonchev–Trinajstić information content (AvgIpc) is 2.01. The predicted molar refractivity (Wildman–Crippen MR) is 60.9 cm³/mol. The smallest absolute Gasteiger partial charge is 0.318 e. The van der Waals surface area contributed by atoms with E-state index in [2.05, 4.69) is 11.2 Å². The Morgan fingerprint density at radius 1 is 1.47 bits per heavy atom. The van der Waals surface area contributed by atoms with Crippen molar-refractivity contribution in [3.05, 3.63) is 0 Å². The molecule has 0 aromatic rings. The third-order valence-corrected chi connectivity index (χ3v) is 1.98. The van der Waals surface area contributed by atoms with Crippen molar-refractivity contribution in [3.8, 4) is 12.3 Å². The fourth-order valence-electron chi connectivity index (χ4n) is 0.562. The summed E-state index contributed by atoms with van der Waals surface area (Å²) in [6, 6.07) is -0.725. The summed E-state index contributed by atoms with van der Waals surface area (Å²) in [6.07, 6.45) is 3.52. The van der Waals surface area contributed by atoms with Gasteiger partial charge in [-0.2, -0.15) is 0 Å². The minimum absolute atomic E-state index is 0.725. The maximum atomic E-state index is 11.2. The summed E-state index contributed by atoms with van der Waals surface area (Å²) < 4.78 is -1.99. The summed E-state index contributed by atoms with van der Waals surface area (Å²) in [6.45, 7) is 3.21. The third-order valence-electron chi connectivity index (χ3n) is 1.36. The van der Waals surface area contributed by atoms with E-state index in [9.17, 15) is 9.90 Å². The Morgan fingerprint density at radius 3 is 2.27 bits per heavy atom. The highest BCUT2D eigenvalue weighted by molar-refractivity contribution is 6.68. The van der Waals surface area contributed by atoms with Gasteiger partial charge in [0.1, 0.15) is 0 Å². The first-order chi connectivity index (χ1) is 6.58. The lowest BCUT2D eigenvalue weighted by Crippen LogP contribution is -2.53. The third kappa shape index (κ3) is 5.95. The minimum Gasteiger partial charge on any atom is -0.369 e. The summed E-state index contributed by atoms with van der Waals surface area (Å²) in [5.74, 6) is 2.33. The lowest BCUT2D eigenvalue weighted by Gasteiger charge is -2.24. The largest absolute Gasteiger partial charge is 0.369 e. The van der Waals surface area contributed by atoms with E-state index in [1.54, 1.807) is 13.8 Å². The van der Waals surface area contributed by atoms with Gasteiger partial charge >= 0.3 is 6.03 Å². The zero-order chi connectivity index (χ0) is 12.3. The highest BCUT2D eigenvalue weighted by Gasteiger charge is 2.32. The molecule has 0 bridgehead atoms. The lowest BCUT2D eigenvalue weighted by molar-refractivity contribution is 0.142. The van der Waals surface area contributed by atoms with E-state index >= 15 is 0 Å². The molecule has 1 atom stereocenters. The van der Waals surface area contributed by atoms with Crippen LogP contribution in [0.25, 0.3) is 0 Å². The van der Waals surface area contributed by atoms with E-state index in [4.69, 9.17) is 41.2 Å². The Morgan fingerprint density at radius 2 is 1.93 bits per heavy atom. The summed E-state index contributed by atoms with van der Waals surface area (Å²) in [5.41, 5.74) is -0.850. The second-order valence-corrected chi connectivity index (χ2v) is 5.68. The summed E-state index contributed by atoms with van der Waals surface area (Å²) in [5, 5.41) is 13.6. The molecule has 0 radical (unpaired) electrons. The van der Waals surface area contributed by atoms with Crippen LogP contribution in [-0.2, 0) is 0 Å². The van der Waals surface area contributed by atoms with Gasteiger partial charge in [0.15, 0.2) is 6.23 Å². The van der Waals surface area contributed by atoms with Gasteiger partial charge in [0, 0.05) is 0 Å².